The molecule has 2 aliphatic rings. The van der Waals surface area contributed by atoms with Crippen molar-refractivity contribution in [1.29, 1.82) is 0 Å². The standard InChI is InChI=1S/C29H29N7O3S.C25H21N7O3S.C2HF3O2/c1-29(2,3)34-40(37,38)24-15-21(16-31-28(24)39-4)26-32-27(35-17-20-11-8-13-30-23(20)18-35)25-22(12-14-36(25)33-26)19-9-6-5-7-10-19;1-35-25-21(36(26,33)34)12-18(13-28-25)23-29-24(31-14-17-8-5-10-27-20(17)15-31)22-19(9-11-32(22)30-23)16-6-3-2-4-7-16;3-2(4,5)1(6)7/h5-16,34H,17-18H2,1-4H3;2-13H,14-15H2,1H3,(H2,26,33,34);(H,6,7). The summed E-state index contributed by atoms with van der Waals surface area (Å²) < 4.78 is 99.3. The number of methoxy groups -OCH3 is 2. The number of benzene rings is 2. The van der Waals surface area contributed by atoms with Gasteiger partial charge in [-0.3, -0.25) is 9.97 Å². The number of pyridine rings is 4. The van der Waals surface area contributed by atoms with Gasteiger partial charge >= 0.3 is 12.1 Å². The summed E-state index contributed by atoms with van der Waals surface area (Å²) in [6.07, 6.45) is 5.26. The van der Waals surface area contributed by atoms with Gasteiger partial charge in [0, 0.05) is 78.1 Å². The minimum absolute atomic E-state index is 0.00445. The van der Waals surface area contributed by atoms with E-state index >= 15 is 0 Å². The van der Waals surface area contributed by atoms with Crippen molar-refractivity contribution in [3.05, 3.63) is 169 Å². The first kappa shape index (κ1) is 56.8. The van der Waals surface area contributed by atoms with Crippen LogP contribution in [0.15, 0.2) is 156 Å². The van der Waals surface area contributed by atoms with Crippen LogP contribution in [0.4, 0.5) is 24.8 Å². The number of ether oxygens (including phenoxy) is 2. The number of anilines is 2. The number of hydrogen-bond donors (Lipinski definition) is 3. The molecule has 0 radical (unpaired) electrons. The monoisotopic (exact) mass is 1170 g/mol. The number of aromatic nitrogens is 10. The molecule has 0 spiro atoms. The minimum Gasteiger partial charge on any atom is -0.480 e. The number of carboxylic acid groups (broad SMARTS) is 1. The Hall–Kier alpha value is -9.44. The van der Waals surface area contributed by atoms with Crippen molar-refractivity contribution in [3.63, 3.8) is 0 Å². The number of carbonyl (C=O) groups is 1. The predicted octanol–water partition coefficient (Wildman–Crippen LogP) is 8.12. The Labute approximate surface area is 473 Å². The molecule has 10 aromatic rings. The summed E-state index contributed by atoms with van der Waals surface area (Å²) in [5.41, 5.74) is 10.2. The number of nitrogens with zero attached hydrogens (tertiary/aromatic N) is 12. The number of fused-ring (bicyclic) bond motifs is 4. The Kier molecular flexibility index (Phi) is 15.4. The van der Waals surface area contributed by atoms with Crippen molar-refractivity contribution in [2.45, 2.75) is 68.5 Å². The Morgan fingerprint density at radius 3 is 1.41 bits per heavy atom. The summed E-state index contributed by atoms with van der Waals surface area (Å²) in [7, 11) is -5.30. The first-order valence-electron chi connectivity index (χ1n) is 25.2. The highest BCUT2D eigenvalue weighted by Gasteiger charge is 2.38. The van der Waals surface area contributed by atoms with Gasteiger partial charge in [0.1, 0.15) is 20.8 Å². The average Bonchev–Trinajstić information content (AvgIpc) is 2.24. The number of hydrogen-bond acceptors (Lipinski definition) is 17. The van der Waals surface area contributed by atoms with Crippen LogP contribution in [-0.4, -0.2) is 103 Å². The highest BCUT2D eigenvalue weighted by Crippen LogP contribution is 2.39. The molecule has 12 rings (SSSR count). The second-order valence-corrected chi connectivity index (χ2v) is 23.1. The quantitative estimate of drug-likeness (QED) is 0.110. The third-order valence-corrected chi connectivity index (χ3v) is 15.6. The van der Waals surface area contributed by atoms with Crippen LogP contribution in [0, 0.1) is 0 Å². The van der Waals surface area contributed by atoms with E-state index in [0.29, 0.717) is 54.8 Å². The number of sulfonamides is 2. The summed E-state index contributed by atoms with van der Waals surface area (Å²) in [6, 6.07) is 35.0. The molecule has 10 heterocycles. The molecule has 0 atom stereocenters. The second kappa shape index (κ2) is 22.5. The van der Waals surface area contributed by atoms with Gasteiger partial charge in [-0.15, -0.1) is 10.2 Å². The SMILES string of the molecule is COc1ncc(-c2nc(N3Cc4cccnc4C3)c3c(-c4ccccc4)ccn3n2)cc1S(=O)(=O)NC(C)(C)C.COc1ncc(-c2nc(N3Cc4cccnc4C3)c3c(-c4ccccc4)ccn3n2)cc1S(N)(=O)=O.O=C(O)C(F)(F)F. The smallest absolute Gasteiger partial charge is 0.480 e. The van der Waals surface area contributed by atoms with Crippen molar-refractivity contribution < 1.29 is 49.4 Å². The van der Waals surface area contributed by atoms with Gasteiger partial charge in [0.15, 0.2) is 23.3 Å². The third kappa shape index (κ3) is 12.1. The van der Waals surface area contributed by atoms with E-state index in [-0.39, 0.29) is 21.6 Å². The lowest BCUT2D eigenvalue weighted by molar-refractivity contribution is -0.192. The number of carboxylic acids is 1. The number of aliphatic carboxylic acids is 1. The van der Waals surface area contributed by atoms with Crippen LogP contribution in [0.2, 0.25) is 0 Å². The number of halogens is 3. The fraction of sp³-hybridized carbons (Fsp3) is 0.196. The van der Waals surface area contributed by atoms with Gasteiger partial charge < -0.3 is 24.4 Å². The molecule has 27 heteroatoms. The van der Waals surface area contributed by atoms with Crippen molar-refractivity contribution in [3.8, 4) is 56.8 Å². The molecule has 8 aromatic heterocycles. The molecule has 0 amide bonds. The molecule has 2 aromatic carbocycles. The zero-order valence-electron chi connectivity index (χ0n) is 44.9. The summed E-state index contributed by atoms with van der Waals surface area (Å²) in [5.74, 6) is -0.783. The van der Waals surface area contributed by atoms with Crippen LogP contribution < -0.4 is 29.1 Å². The largest absolute Gasteiger partial charge is 0.490 e. The normalized spacial score (nSPS) is 13.2. The van der Waals surface area contributed by atoms with E-state index in [1.54, 1.807) is 42.2 Å². The van der Waals surface area contributed by atoms with Gasteiger partial charge in [-0.2, -0.15) is 13.2 Å². The van der Waals surface area contributed by atoms with E-state index in [4.69, 9.17) is 44.7 Å². The van der Waals surface area contributed by atoms with E-state index in [2.05, 4.69) is 58.7 Å². The Morgan fingerprint density at radius 2 is 1.02 bits per heavy atom. The van der Waals surface area contributed by atoms with Gasteiger partial charge in [-0.1, -0.05) is 72.8 Å². The van der Waals surface area contributed by atoms with E-state index < -0.39 is 37.7 Å². The van der Waals surface area contributed by atoms with Crippen LogP contribution >= 0.6 is 0 Å². The maximum atomic E-state index is 13.3. The predicted molar refractivity (Wildman–Crippen MR) is 300 cm³/mol. The molecular weight excluding hydrogens is 1120 g/mol. The lowest BCUT2D eigenvalue weighted by atomic mass is 10.1. The number of rotatable bonds is 11. The van der Waals surface area contributed by atoms with Crippen LogP contribution in [0.5, 0.6) is 11.8 Å². The van der Waals surface area contributed by atoms with Gasteiger partial charge in [0.05, 0.1) is 38.7 Å². The third-order valence-electron chi connectivity index (χ3n) is 12.9. The van der Waals surface area contributed by atoms with Gasteiger partial charge in [-0.25, -0.2) is 60.5 Å². The highest BCUT2D eigenvalue weighted by molar-refractivity contribution is 7.89. The minimum atomic E-state index is -5.08. The molecule has 426 valence electrons. The van der Waals surface area contributed by atoms with Gasteiger partial charge in [-0.05, 0) is 79.4 Å². The van der Waals surface area contributed by atoms with Gasteiger partial charge in [0.2, 0.25) is 31.8 Å². The van der Waals surface area contributed by atoms with Crippen molar-refractivity contribution in [2.75, 3.05) is 24.0 Å². The lowest BCUT2D eigenvalue weighted by Crippen LogP contribution is -2.40. The summed E-state index contributed by atoms with van der Waals surface area (Å²) in [4.78, 5) is 40.4. The summed E-state index contributed by atoms with van der Waals surface area (Å²) in [5, 5.41) is 22.0. The molecule has 83 heavy (non-hydrogen) atoms. The molecule has 22 nitrogen and oxygen atoms in total. The molecular formula is C56H51F3N14O8S2. The second-order valence-electron chi connectivity index (χ2n) is 19.9. The first-order valence-corrected chi connectivity index (χ1v) is 28.2. The number of primary sulfonamides is 1. The number of alkyl halides is 3. The molecule has 0 saturated carbocycles. The number of nitrogens with two attached hydrogens (primary N) is 1. The summed E-state index contributed by atoms with van der Waals surface area (Å²) in [6.45, 7) is 7.79. The van der Waals surface area contributed by atoms with E-state index in [1.165, 1.54) is 38.7 Å². The van der Waals surface area contributed by atoms with E-state index in [1.807, 2.05) is 85.2 Å². The zero-order chi connectivity index (χ0) is 59.0. The van der Waals surface area contributed by atoms with Crippen LogP contribution in [-0.2, 0) is 51.0 Å². The van der Waals surface area contributed by atoms with Crippen molar-refractivity contribution in [1.82, 2.24) is 53.9 Å². The molecule has 0 bridgehead atoms. The molecule has 0 aliphatic carbocycles. The molecule has 0 saturated heterocycles. The highest BCUT2D eigenvalue weighted by atomic mass is 32.2. The van der Waals surface area contributed by atoms with Crippen molar-refractivity contribution >= 4 is 48.7 Å². The van der Waals surface area contributed by atoms with Crippen LogP contribution in [0.1, 0.15) is 43.3 Å². The van der Waals surface area contributed by atoms with E-state index in [0.717, 1.165) is 61.6 Å². The molecule has 4 N–H and O–H groups in total. The lowest BCUT2D eigenvalue weighted by Gasteiger charge is -2.21. The first-order chi connectivity index (χ1) is 39.5. The molecule has 2 aliphatic heterocycles. The molecule has 0 fully saturated rings. The van der Waals surface area contributed by atoms with Crippen LogP contribution in [0.3, 0.4) is 0 Å². The summed E-state index contributed by atoms with van der Waals surface area (Å²) >= 11 is 0. The Morgan fingerprint density at radius 1 is 0.602 bits per heavy atom. The Balaban J connectivity index is 0.000000167. The van der Waals surface area contributed by atoms with E-state index in [9.17, 15) is 30.0 Å². The maximum Gasteiger partial charge on any atom is 0.490 e. The topological polar surface area (TPSA) is 281 Å². The fourth-order valence-electron chi connectivity index (χ4n) is 9.37. The number of nitrogens with one attached hydrogen (secondary N) is 1. The van der Waals surface area contributed by atoms with Crippen molar-refractivity contribution in [2.24, 2.45) is 5.14 Å². The van der Waals surface area contributed by atoms with Crippen LogP contribution in [0.25, 0.3) is 56.1 Å². The molecule has 0 unspecified atom stereocenters. The maximum absolute atomic E-state index is 13.3. The van der Waals surface area contributed by atoms with Gasteiger partial charge in [0.25, 0.3) is 0 Å². The zero-order valence-corrected chi connectivity index (χ0v) is 46.5. The average molecular weight is 1170 g/mol. The Bertz CT molecular complexity index is 4270. The fourth-order valence-corrected chi connectivity index (χ4v) is 11.6.